The molecule has 0 saturated carbocycles. The zero-order chi connectivity index (χ0) is 15.7. The van der Waals surface area contributed by atoms with Crippen molar-refractivity contribution in [3.05, 3.63) is 74.5 Å². The monoisotopic (exact) mass is 335 g/mol. The van der Waals surface area contributed by atoms with Crippen molar-refractivity contribution in [2.45, 2.75) is 6.42 Å². The van der Waals surface area contributed by atoms with Gasteiger partial charge in [-0.1, -0.05) is 29.3 Å². The molecule has 22 heavy (non-hydrogen) atoms. The number of aromatic amines is 1. The molecule has 2 heterocycles. The van der Waals surface area contributed by atoms with Gasteiger partial charge in [0.05, 0.1) is 11.4 Å². The average Bonchev–Trinajstić information content (AvgIpc) is 2.73. The van der Waals surface area contributed by atoms with Crippen molar-refractivity contribution in [2.75, 3.05) is 0 Å². The van der Waals surface area contributed by atoms with E-state index in [0.29, 0.717) is 27.8 Å². The minimum Gasteiger partial charge on any atom is -0.493 e. The molecule has 0 aliphatic rings. The van der Waals surface area contributed by atoms with Crippen LogP contribution in [0.5, 0.6) is 5.88 Å². The van der Waals surface area contributed by atoms with E-state index in [0.717, 1.165) is 10.1 Å². The van der Waals surface area contributed by atoms with Gasteiger partial charge in [-0.2, -0.15) is 0 Å². The lowest BCUT2D eigenvalue weighted by molar-refractivity contribution is 0.435. The van der Waals surface area contributed by atoms with Crippen LogP contribution in [0.3, 0.4) is 0 Å². The van der Waals surface area contributed by atoms with E-state index in [4.69, 9.17) is 23.2 Å². The van der Waals surface area contributed by atoms with E-state index in [1.807, 2.05) is 6.07 Å². The molecule has 0 aliphatic carbocycles. The number of nitrogens with one attached hydrogen (secondary N) is 1. The molecule has 0 amide bonds. The van der Waals surface area contributed by atoms with Crippen molar-refractivity contribution in [2.24, 2.45) is 0 Å². The summed E-state index contributed by atoms with van der Waals surface area (Å²) in [5.41, 5.74) is 1.20. The van der Waals surface area contributed by atoms with Gasteiger partial charge >= 0.3 is 5.69 Å². The Kier molecular flexibility index (Phi) is 3.92. The third kappa shape index (κ3) is 2.86. The fraction of sp³-hybridized carbons (Fsp3) is 0.0667. The van der Waals surface area contributed by atoms with Crippen LogP contribution in [0.15, 0.2) is 47.5 Å². The van der Waals surface area contributed by atoms with Crippen molar-refractivity contribution in [3.63, 3.8) is 0 Å². The molecule has 2 N–H and O–H groups in total. The SMILES string of the molecule is O=c1[nH]c(Cc2cccnc2)c(O)n1-c1cc(Cl)cc(Cl)c1. The van der Waals surface area contributed by atoms with Gasteiger partial charge in [-0.3, -0.25) is 4.98 Å². The quantitative estimate of drug-likeness (QED) is 0.772. The molecule has 0 atom stereocenters. The fourth-order valence-electron chi connectivity index (χ4n) is 2.21. The summed E-state index contributed by atoms with van der Waals surface area (Å²) in [4.78, 5) is 18.8. The molecule has 1 aromatic carbocycles. The maximum absolute atomic E-state index is 12.1. The highest BCUT2D eigenvalue weighted by molar-refractivity contribution is 6.34. The largest absolute Gasteiger partial charge is 0.493 e. The van der Waals surface area contributed by atoms with Gasteiger partial charge < -0.3 is 10.1 Å². The number of nitrogens with zero attached hydrogens (tertiary/aromatic N) is 2. The highest BCUT2D eigenvalue weighted by atomic mass is 35.5. The number of benzene rings is 1. The van der Waals surface area contributed by atoms with Crippen molar-refractivity contribution in [3.8, 4) is 11.6 Å². The molecular formula is C15H11Cl2N3O2. The molecule has 7 heteroatoms. The topological polar surface area (TPSA) is 70.9 Å². The van der Waals surface area contributed by atoms with E-state index in [1.165, 1.54) is 0 Å². The zero-order valence-electron chi connectivity index (χ0n) is 11.3. The van der Waals surface area contributed by atoms with Crippen molar-refractivity contribution in [1.29, 1.82) is 0 Å². The molecule has 0 unspecified atom stereocenters. The van der Waals surface area contributed by atoms with Gasteiger partial charge in [-0.15, -0.1) is 0 Å². The van der Waals surface area contributed by atoms with Crippen molar-refractivity contribution < 1.29 is 5.11 Å². The Bertz CT molecular complexity index is 852. The minimum absolute atomic E-state index is 0.174. The van der Waals surface area contributed by atoms with Gasteiger partial charge in [-0.25, -0.2) is 9.36 Å². The van der Waals surface area contributed by atoms with Crippen molar-refractivity contribution >= 4 is 23.2 Å². The van der Waals surface area contributed by atoms with Crippen LogP contribution in [0.2, 0.25) is 10.0 Å². The number of pyridine rings is 1. The lowest BCUT2D eigenvalue weighted by Gasteiger charge is -2.05. The Labute approximate surface area is 135 Å². The first-order chi connectivity index (χ1) is 10.5. The number of aromatic hydroxyl groups is 1. The summed E-state index contributed by atoms with van der Waals surface area (Å²) in [6, 6.07) is 8.31. The molecule has 112 valence electrons. The molecule has 0 saturated heterocycles. The summed E-state index contributed by atoms with van der Waals surface area (Å²) in [5.74, 6) is -0.174. The summed E-state index contributed by atoms with van der Waals surface area (Å²) in [5, 5.41) is 11.1. The van der Waals surface area contributed by atoms with Crippen LogP contribution in [0, 0.1) is 0 Å². The van der Waals surface area contributed by atoms with Gasteiger partial charge in [0.2, 0.25) is 5.88 Å². The lowest BCUT2D eigenvalue weighted by Crippen LogP contribution is -2.14. The molecule has 0 bridgehead atoms. The predicted octanol–water partition coefficient (Wildman–Crippen LogP) is 3.16. The van der Waals surface area contributed by atoms with E-state index >= 15 is 0 Å². The normalized spacial score (nSPS) is 10.8. The third-order valence-electron chi connectivity index (χ3n) is 3.15. The van der Waals surface area contributed by atoms with Crippen LogP contribution in [-0.4, -0.2) is 19.6 Å². The van der Waals surface area contributed by atoms with E-state index in [9.17, 15) is 9.90 Å². The molecular weight excluding hydrogens is 325 g/mol. The summed E-state index contributed by atoms with van der Waals surface area (Å²) in [7, 11) is 0. The molecule has 0 radical (unpaired) electrons. The molecule has 3 rings (SSSR count). The smallest absolute Gasteiger partial charge is 0.333 e. The second-order valence-electron chi connectivity index (χ2n) is 4.73. The first-order valence-electron chi connectivity index (χ1n) is 6.43. The molecule has 0 aliphatic heterocycles. The second-order valence-corrected chi connectivity index (χ2v) is 5.61. The summed E-state index contributed by atoms with van der Waals surface area (Å²) < 4.78 is 1.13. The Hall–Kier alpha value is -2.24. The molecule has 0 spiro atoms. The number of imidazole rings is 1. The van der Waals surface area contributed by atoms with Crippen LogP contribution in [0.4, 0.5) is 0 Å². The van der Waals surface area contributed by atoms with Crippen LogP contribution in [-0.2, 0) is 6.42 Å². The molecule has 5 nitrogen and oxygen atoms in total. The van der Waals surface area contributed by atoms with Crippen LogP contribution in [0.25, 0.3) is 5.69 Å². The average molecular weight is 336 g/mol. The molecule has 3 aromatic rings. The fourth-order valence-corrected chi connectivity index (χ4v) is 2.72. The van der Waals surface area contributed by atoms with Gasteiger partial charge in [0, 0.05) is 28.9 Å². The molecule has 2 aromatic heterocycles. The van der Waals surface area contributed by atoms with E-state index in [2.05, 4.69) is 9.97 Å². The van der Waals surface area contributed by atoms with Gasteiger partial charge in [0.15, 0.2) is 0 Å². The Balaban J connectivity index is 2.05. The van der Waals surface area contributed by atoms with E-state index in [-0.39, 0.29) is 5.88 Å². The van der Waals surface area contributed by atoms with E-state index in [1.54, 1.807) is 36.7 Å². The van der Waals surface area contributed by atoms with Gasteiger partial charge in [0.1, 0.15) is 0 Å². The number of halogens is 2. The van der Waals surface area contributed by atoms with E-state index < -0.39 is 5.69 Å². The lowest BCUT2D eigenvalue weighted by atomic mass is 10.2. The second kappa shape index (κ2) is 5.87. The summed E-state index contributed by atoms with van der Waals surface area (Å²) in [6.45, 7) is 0. The number of rotatable bonds is 3. The van der Waals surface area contributed by atoms with Crippen LogP contribution in [0.1, 0.15) is 11.3 Å². The minimum atomic E-state index is -0.463. The Morgan fingerprint density at radius 3 is 2.59 bits per heavy atom. The maximum Gasteiger partial charge on any atom is 0.333 e. The van der Waals surface area contributed by atoms with Crippen LogP contribution >= 0.6 is 23.2 Å². The van der Waals surface area contributed by atoms with Crippen LogP contribution < -0.4 is 5.69 Å². The Morgan fingerprint density at radius 2 is 1.95 bits per heavy atom. The van der Waals surface area contributed by atoms with Gasteiger partial charge in [0.25, 0.3) is 0 Å². The summed E-state index contributed by atoms with van der Waals surface area (Å²) >= 11 is 11.9. The van der Waals surface area contributed by atoms with Crippen molar-refractivity contribution in [1.82, 2.24) is 14.5 Å². The molecule has 0 fully saturated rings. The maximum atomic E-state index is 12.1. The predicted molar refractivity (Wildman–Crippen MR) is 85.1 cm³/mol. The number of hydrogen-bond acceptors (Lipinski definition) is 3. The highest BCUT2D eigenvalue weighted by Crippen LogP contribution is 2.25. The Morgan fingerprint density at radius 1 is 1.23 bits per heavy atom. The number of aromatic nitrogens is 3. The summed E-state index contributed by atoms with van der Waals surface area (Å²) in [6.07, 6.45) is 3.69. The zero-order valence-corrected chi connectivity index (χ0v) is 12.8. The number of H-pyrrole nitrogens is 1. The number of hydrogen-bond donors (Lipinski definition) is 2. The third-order valence-corrected chi connectivity index (χ3v) is 3.59. The first kappa shape index (κ1) is 14.7. The standard InChI is InChI=1S/C15H11Cl2N3O2/c16-10-5-11(17)7-12(6-10)20-14(21)13(19-15(20)22)4-9-2-1-3-18-8-9/h1-3,5-8,21H,4H2,(H,19,22). The highest BCUT2D eigenvalue weighted by Gasteiger charge is 2.15. The first-order valence-corrected chi connectivity index (χ1v) is 7.18. The van der Waals surface area contributed by atoms with Gasteiger partial charge in [-0.05, 0) is 29.8 Å².